The molecule has 13 heavy (non-hydrogen) atoms. The molecule has 2 heterocycles. The Morgan fingerprint density at radius 2 is 1.85 bits per heavy atom. The molecule has 2 atom stereocenters. The van der Waals surface area contributed by atoms with Gasteiger partial charge in [-0.15, -0.1) is 0 Å². The molecule has 2 fully saturated rings. The summed E-state index contributed by atoms with van der Waals surface area (Å²) in [7, 11) is 0. The van der Waals surface area contributed by atoms with Crippen molar-refractivity contribution in [2.24, 2.45) is 5.92 Å². The molecule has 76 valence electrons. The summed E-state index contributed by atoms with van der Waals surface area (Å²) >= 11 is 4.29. The van der Waals surface area contributed by atoms with E-state index in [1.165, 1.54) is 38.6 Å². The van der Waals surface area contributed by atoms with Crippen LogP contribution in [0, 0.1) is 5.92 Å². The zero-order valence-electron chi connectivity index (χ0n) is 8.58. The molecule has 2 unspecified atom stereocenters. The molecule has 0 aromatic rings. The predicted octanol–water partition coefficient (Wildman–Crippen LogP) is 2.57. The molecule has 2 bridgehead atoms. The van der Waals surface area contributed by atoms with Gasteiger partial charge in [-0.2, -0.15) is 12.6 Å². The van der Waals surface area contributed by atoms with E-state index in [2.05, 4.69) is 24.5 Å². The Labute approximate surface area is 87.3 Å². The summed E-state index contributed by atoms with van der Waals surface area (Å²) in [6, 6.07) is 1.85. The van der Waals surface area contributed by atoms with Gasteiger partial charge >= 0.3 is 0 Å². The minimum atomic E-state index is 0.925. The Kier molecular flexibility index (Phi) is 3.20. The summed E-state index contributed by atoms with van der Waals surface area (Å²) in [6.07, 6.45) is 7.08. The summed E-state index contributed by atoms with van der Waals surface area (Å²) in [4.78, 5) is 2.76. The van der Waals surface area contributed by atoms with Crippen LogP contribution in [0.1, 0.15) is 39.0 Å². The van der Waals surface area contributed by atoms with Crippen molar-refractivity contribution in [3.8, 4) is 0 Å². The number of fused-ring (bicyclic) bond motifs is 2. The zero-order valence-corrected chi connectivity index (χ0v) is 9.47. The summed E-state index contributed by atoms with van der Waals surface area (Å²) in [5, 5.41) is 0. The zero-order chi connectivity index (χ0) is 9.26. The van der Waals surface area contributed by atoms with E-state index >= 15 is 0 Å². The molecule has 0 spiro atoms. The third-order valence-corrected chi connectivity index (χ3v) is 4.01. The number of thiol groups is 1. The Morgan fingerprint density at radius 1 is 1.23 bits per heavy atom. The van der Waals surface area contributed by atoms with Gasteiger partial charge in [-0.05, 0) is 50.3 Å². The fourth-order valence-electron chi connectivity index (χ4n) is 3.16. The van der Waals surface area contributed by atoms with E-state index < -0.39 is 0 Å². The van der Waals surface area contributed by atoms with Gasteiger partial charge < -0.3 is 0 Å². The van der Waals surface area contributed by atoms with Crippen molar-refractivity contribution in [2.75, 3.05) is 12.3 Å². The van der Waals surface area contributed by atoms with Crippen LogP contribution in [-0.2, 0) is 0 Å². The lowest BCUT2D eigenvalue weighted by atomic mass is 9.92. The molecule has 1 nitrogen and oxygen atoms in total. The van der Waals surface area contributed by atoms with Gasteiger partial charge in [-0.3, -0.25) is 4.90 Å². The van der Waals surface area contributed by atoms with Crippen molar-refractivity contribution in [3.05, 3.63) is 0 Å². The monoisotopic (exact) mass is 199 g/mol. The van der Waals surface area contributed by atoms with Crippen molar-refractivity contribution >= 4 is 12.6 Å². The lowest BCUT2D eigenvalue weighted by Crippen LogP contribution is -2.42. The standard InChI is InChI=1S/C11H21NS/c1-9-7-10-3-4-11(8-9)12(10)5-2-6-13/h9-11,13H,2-8H2,1H3. The third kappa shape index (κ3) is 2.04. The second-order valence-electron chi connectivity index (χ2n) is 4.78. The van der Waals surface area contributed by atoms with Crippen LogP contribution in [0.25, 0.3) is 0 Å². The van der Waals surface area contributed by atoms with Crippen LogP contribution < -0.4 is 0 Å². The minimum Gasteiger partial charge on any atom is -0.297 e. The van der Waals surface area contributed by atoms with Crippen molar-refractivity contribution in [1.29, 1.82) is 0 Å². The molecule has 0 amide bonds. The van der Waals surface area contributed by atoms with Crippen molar-refractivity contribution < 1.29 is 0 Å². The van der Waals surface area contributed by atoms with E-state index in [0.717, 1.165) is 23.8 Å². The first-order chi connectivity index (χ1) is 6.31. The number of hydrogen-bond acceptors (Lipinski definition) is 2. The third-order valence-electron chi connectivity index (χ3n) is 3.69. The topological polar surface area (TPSA) is 3.24 Å². The van der Waals surface area contributed by atoms with Crippen LogP contribution in [0.4, 0.5) is 0 Å². The Hall–Kier alpha value is 0.310. The normalized spacial score (nSPS) is 39.7. The van der Waals surface area contributed by atoms with Crippen LogP contribution in [0.15, 0.2) is 0 Å². The number of rotatable bonds is 3. The largest absolute Gasteiger partial charge is 0.297 e. The van der Waals surface area contributed by atoms with E-state index in [1.807, 2.05) is 0 Å². The highest BCUT2D eigenvalue weighted by molar-refractivity contribution is 7.80. The molecule has 0 saturated carbocycles. The van der Waals surface area contributed by atoms with E-state index in [9.17, 15) is 0 Å². The molecule has 2 heteroatoms. The van der Waals surface area contributed by atoms with Gasteiger partial charge in [-0.25, -0.2) is 0 Å². The fraction of sp³-hybridized carbons (Fsp3) is 1.00. The van der Waals surface area contributed by atoms with Gasteiger partial charge in [0.2, 0.25) is 0 Å². The van der Waals surface area contributed by atoms with E-state index in [0.29, 0.717) is 0 Å². The lowest BCUT2D eigenvalue weighted by molar-refractivity contribution is 0.110. The molecule has 0 aromatic heterocycles. The smallest absolute Gasteiger partial charge is 0.0101 e. The number of hydrogen-bond donors (Lipinski definition) is 1. The van der Waals surface area contributed by atoms with E-state index in [4.69, 9.17) is 0 Å². The van der Waals surface area contributed by atoms with Gasteiger partial charge in [0.1, 0.15) is 0 Å². The van der Waals surface area contributed by atoms with Crippen LogP contribution in [0.3, 0.4) is 0 Å². The molecule has 0 aliphatic carbocycles. The van der Waals surface area contributed by atoms with Gasteiger partial charge in [0.25, 0.3) is 0 Å². The molecule has 0 radical (unpaired) electrons. The molecule has 2 aliphatic heterocycles. The molecule has 2 rings (SSSR count). The molecule has 2 saturated heterocycles. The van der Waals surface area contributed by atoms with Crippen LogP contribution in [0.2, 0.25) is 0 Å². The Balaban J connectivity index is 1.90. The average molecular weight is 199 g/mol. The van der Waals surface area contributed by atoms with Gasteiger partial charge in [0.15, 0.2) is 0 Å². The maximum atomic E-state index is 4.29. The first-order valence-corrected chi connectivity index (χ1v) is 6.31. The SMILES string of the molecule is CC1CC2CCC(C1)N2CCCS. The number of piperidine rings is 1. The maximum Gasteiger partial charge on any atom is 0.0101 e. The first kappa shape index (κ1) is 9.85. The summed E-state index contributed by atoms with van der Waals surface area (Å²) < 4.78 is 0. The summed E-state index contributed by atoms with van der Waals surface area (Å²) in [6.45, 7) is 3.72. The molecule has 0 aromatic carbocycles. The Bertz CT molecular complexity index is 157. The highest BCUT2D eigenvalue weighted by Crippen LogP contribution is 2.38. The van der Waals surface area contributed by atoms with Crippen LogP contribution >= 0.6 is 12.6 Å². The summed E-state index contributed by atoms with van der Waals surface area (Å²) in [5.74, 6) is 2.02. The molecular weight excluding hydrogens is 178 g/mol. The maximum absolute atomic E-state index is 4.29. The fourth-order valence-corrected chi connectivity index (χ4v) is 3.31. The van der Waals surface area contributed by atoms with E-state index in [1.54, 1.807) is 0 Å². The van der Waals surface area contributed by atoms with Crippen LogP contribution in [-0.4, -0.2) is 29.3 Å². The van der Waals surface area contributed by atoms with Gasteiger partial charge in [0, 0.05) is 12.1 Å². The molecular formula is C11H21NS. The highest BCUT2D eigenvalue weighted by atomic mass is 32.1. The number of nitrogens with zero attached hydrogens (tertiary/aromatic N) is 1. The van der Waals surface area contributed by atoms with Gasteiger partial charge in [-0.1, -0.05) is 6.92 Å². The average Bonchev–Trinajstić information content (AvgIpc) is 2.33. The van der Waals surface area contributed by atoms with E-state index in [-0.39, 0.29) is 0 Å². The van der Waals surface area contributed by atoms with Crippen molar-refractivity contribution in [2.45, 2.75) is 51.1 Å². The van der Waals surface area contributed by atoms with Crippen LogP contribution in [0.5, 0.6) is 0 Å². The van der Waals surface area contributed by atoms with Crippen molar-refractivity contribution in [3.63, 3.8) is 0 Å². The predicted molar refractivity (Wildman–Crippen MR) is 60.4 cm³/mol. The summed E-state index contributed by atoms with van der Waals surface area (Å²) in [5.41, 5.74) is 0. The second-order valence-corrected chi connectivity index (χ2v) is 5.22. The molecule has 2 aliphatic rings. The minimum absolute atomic E-state index is 0.925. The van der Waals surface area contributed by atoms with Gasteiger partial charge in [0.05, 0.1) is 0 Å². The second kappa shape index (κ2) is 4.22. The first-order valence-electron chi connectivity index (χ1n) is 5.68. The quantitative estimate of drug-likeness (QED) is 0.684. The lowest BCUT2D eigenvalue weighted by Gasteiger charge is -2.37. The Morgan fingerprint density at radius 3 is 2.38 bits per heavy atom. The van der Waals surface area contributed by atoms with Crippen molar-refractivity contribution in [1.82, 2.24) is 4.90 Å². The highest BCUT2D eigenvalue weighted by Gasteiger charge is 2.38. The molecule has 0 N–H and O–H groups in total.